The Morgan fingerprint density at radius 1 is 1.06 bits per heavy atom. The minimum absolute atomic E-state index is 0.200. The Morgan fingerprint density at radius 2 is 1.72 bits per heavy atom. The summed E-state index contributed by atoms with van der Waals surface area (Å²) in [4.78, 5) is 0. The summed E-state index contributed by atoms with van der Waals surface area (Å²) in [5.41, 5.74) is -0.274. The Bertz CT molecular complexity index is 475. The van der Waals surface area contributed by atoms with Crippen LogP contribution < -0.4 is 0 Å². The molecule has 4 saturated carbocycles. The van der Waals surface area contributed by atoms with Gasteiger partial charge in [0.2, 0.25) is 0 Å². The van der Waals surface area contributed by atoms with Crippen molar-refractivity contribution in [3.05, 3.63) is 0 Å². The number of alkyl halides is 1. The highest BCUT2D eigenvalue weighted by atomic mass is 79.9. The van der Waals surface area contributed by atoms with Crippen LogP contribution in [0.4, 0.5) is 0 Å². The monoisotopic (exact) mass is 306 g/mol. The van der Waals surface area contributed by atoms with E-state index in [-0.39, 0.29) is 11.5 Å². The van der Waals surface area contributed by atoms with Gasteiger partial charge in [0, 0.05) is 4.32 Å². The van der Waals surface area contributed by atoms with Crippen LogP contribution in [0.3, 0.4) is 0 Å². The van der Waals surface area contributed by atoms with Crippen LogP contribution in [-0.4, -0.2) is 16.0 Å². The summed E-state index contributed by atoms with van der Waals surface area (Å²) in [7, 11) is 0. The fraction of sp³-hybridized carbons (Fsp3) is 0.857. The zero-order valence-corrected chi connectivity index (χ0v) is 11.7. The van der Waals surface area contributed by atoms with Crippen LogP contribution in [0.15, 0.2) is 0 Å². The molecule has 5 aliphatic rings. The van der Waals surface area contributed by atoms with Crippen molar-refractivity contribution in [2.24, 2.45) is 23.7 Å². The zero-order chi connectivity index (χ0) is 12.5. The van der Waals surface area contributed by atoms with E-state index in [1.54, 1.807) is 0 Å². The maximum Gasteiger partial charge on any atom is 0.163 e. The number of ether oxygens (including phenoxy) is 1. The average Bonchev–Trinajstić information content (AvgIpc) is 2.25. The van der Waals surface area contributed by atoms with Crippen molar-refractivity contribution < 1.29 is 4.74 Å². The van der Waals surface area contributed by atoms with E-state index in [1.165, 1.54) is 19.3 Å². The van der Waals surface area contributed by atoms with Crippen molar-refractivity contribution in [1.29, 1.82) is 10.5 Å². The fourth-order valence-electron chi connectivity index (χ4n) is 5.40. The van der Waals surface area contributed by atoms with Gasteiger partial charge in [-0.15, -0.1) is 0 Å². The van der Waals surface area contributed by atoms with E-state index in [2.05, 4.69) is 28.1 Å². The van der Waals surface area contributed by atoms with E-state index in [0.717, 1.165) is 18.8 Å². The molecule has 4 aliphatic carbocycles. The summed E-state index contributed by atoms with van der Waals surface area (Å²) in [6, 6.07) is 4.51. The summed E-state index contributed by atoms with van der Waals surface area (Å²) in [6.07, 6.45) is 5.43. The Morgan fingerprint density at radius 3 is 2.22 bits per heavy atom. The third-order valence-corrected chi connectivity index (χ3v) is 6.75. The van der Waals surface area contributed by atoms with Gasteiger partial charge in [-0.2, -0.15) is 10.5 Å². The molecule has 18 heavy (non-hydrogen) atoms. The molecule has 7 atom stereocenters. The van der Waals surface area contributed by atoms with Crippen molar-refractivity contribution in [3.8, 4) is 12.1 Å². The zero-order valence-electron chi connectivity index (χ0n) is 10.1. The van der Waals surface area contributed by atoms with E-state index in [0.29, 0.717) is 16.2 Å². The number of hydrogen-bond donors (Lipinski definition) is 0. The summed E-state index contributed by atoms with van der Waals surface area (Å²) < 4.78 is 6.30. The fourth-order valence-corrected chi connectivity index (χ4v) is 6.64. The van der Waals surface area contributed by atoms with E-state index in [9.17, 15) is 5.26 Å². The van der Waals surface area contributed by atoms with Crippen LogP contribution in [0.5, 0.6) is 0 Å². The molecular weight excluding hydrogens is 292 g/mol. The lowest BCUT2D eigenvalue weighted by molar-refractivity contribution is -0.312. The van der Waals surface area contributed by atoms with Gasteiger partial charge in [-0.1, -0.05) is 15.9 Å². The third kappa shape index (κ3) is 1.12. The quantitative estimate of drug-likeness (QED) is 0.647. The third-order valence-electron chi connectivity index (χ3n) is 5.78. The Hall–Kier alpha value is -0.580. The number of rotatable bonds is 0. The predicted octanol–water partition coefficient (Wildman–Crippen LogP) is 2.76. The molecule has 4 heteroatoms. The van der Waals surface area contributed by atoms with Crippen LogP contribution in [0.1, 0.15) is 32.1 Å². The lowest BCUT2D eigenvalue weighted by Gasteiger charge is -2.68. The first-order valence-corrected chi connectivity index (χ1v) is 7.56. The number of halogens is 1. The smallest absolute Gasteiger partial charge is 0.163 e. The van der Waals surface area contributed by atoms with Crippen LogP contribution >= 0.6 is 15.9 Å². The molecule has 1 spiro atoms. The minimum Gasteiger partial charge on any atom is -0.353 e. The summed E-state index contributed by atoms with van der Waals surface area (Å²) in [6.45, 7) is 0. The second kappa shape index (κ2) is 3.30. The largest absolute Gasteiger partial charge is 0.353 e. The maximum absolute atomic E-state index is 9.41. The molecule has 0 amide bonds. The Balaban J connectivity index is 1.73. The first kappa shape index (κ1) is 11.3. The van der Waals surface area contributed by atoms with Gasteiger partial charge in [0.25, 0.3) is 0 Å². The van der Waals surface area contributed by atoms with Gasteiger partial charge < -0.3 is 4.74 Å². The lowest BCUT2D eigenvalue weighted by Crippen LogP contribution is -2.73. The number of hydrogen-bond acceptors (Lipinski definition) is 3. The van der Waals surface area contributed by atoms with Crippen molar-refractivity contribution in [2.75, 3.05) is 0 Å². The van der Waals surface area contributed by atoms with Gasteiger partial charge in [0.05, 0.1) is 17.7 Å². The van der Waals surface area contributed by atoms with Gasteiger partial charge >= 0.3 is 0 Å². The number of nitriles is 2. The molecule has 0 aromatic heterocycles. The topological polar surface area (TPSA) is 56.8 Å². The molecule has 0 aromatic rings. The molecule has 5 rings (SSSR count). The molecule has 94 valence electrons. The van der Waals surface area contributed by atoms with Gasteiger partial charge in [-0.05, 0) is 49.9 Å². The van der Waals surface area contributed by atoms with Crippen molar-refractivity contribution in [1.82, 2.24) is 0 Å². The molecule has 1 saturated heterocycles. The first-order valence-electron chi connectivity index (χ1n) is 6.77. The molecule has 3 unspecified atom stereocenters. The van der Waals surface area contributed by atoms with Crippen LogP contribution in [-0.2, 0) is 4.74 Å². The Labute approximate surface area is 115 Å². The van der Waals surface area contributed by atoms with Crippen LogP contribution in [0.25, 0.3) is 0 Å². The normalized spacial score (nSPS) is 60.1. The second-order valence-corrected chi connectivity index (χ2v) is 8.30. The predicted molar refractivity (Wildman–Crippen MR) is 67.5 cm³/mol. The molecule has 0 N–H and O–H groups in total. The average molecular weight is 307 g/mol. The van der Waals surface area contributed by atoms with Gasteiger partial charge in [-0.3, -0.25) is 0 Å². The molecule has 0 aromatic carbocycles. The Kier molecular flexibility index (Phi) is 2.06. The molecule has 1 heterocycles. The minimum atomic E-state index is -0.487. The lowest BCUT2D eigenvalue weighted by atomic mass is 9.45. The van der Waals surface area contributed by atoms with Gasteiger partial charge in [0.1, 0.15) is 5.92 Å². The van der Waals surface area contributed by atoms with E-state index in [4.69, 9.17) is 10.00 Å². The number of nitrogens with zero attached hydrogens (tertiary/aromatic N) is 2. The van der Waals surface area contributed by atoms with E-state index >= 15 is 0 Å². The first-order chi connectivity index (χ1) is 8.61. The molecule has 1 aliphatic heterocycles. The maximum atomic E-state index is 9.41. The van der Waals surface area contributed by atoms with Crippen molar-refractivity contribution in [2.45, 2.75) is 48.1 Å². The van der Waals surface area contributed by atoms with Crippen molar-refractivity contribution in [3.63, 3.8) is 0 Å². The summed E-state index contributed by atoms with van der Waals surface area (Å²) >= 11 is 3.93. The molecule has 4 bridgehead atoms. The van der Waals surface area contributed by atoms with Crippen LogP contribution in [0, 0.1) is 46.3 Å². The molecule has 0 radical (unpaired) electrons. The van der Waals surface area contributed by atoms with E-state index in [1.807, 2.05) is 0 Å². The van der Waals surface area contributed by atoms with Gasteiger partial charge in [-0.25, -0.2) is 0 Å². The van der Waals surface area contributed by atoms with Crippen LogP contribution in [0.2, 0.25) is 0 Å². The van der Waals surface area contributed by atoms with Gasteiger partial charge in [0.15, 0.2) is 6.10 Å². The summed E-state index contributed by atoms with van der Waals surface area (Å²) in [5, 5.41) is 18.4. The second-order valence-electron chi connectivity index (χ2n) is 6.62. The SMILES string of the molecule is N#C[C@@H]1OC2([C@@H]3CC4C[C@H]2CC(Br)(C4)C3)[C@H]1C#N. The highest BCUT2D eigenvalue weighted by molar-refractivity contribution is 9.10. The molecule has 3 nitrogen and oxygen atoms in total. The molecular formula is C14H15BrN2O. The van der Waals surface area contributed by atoms with E-state index < -0.39 is 6.10 Å². The highest BCUT2D eigenvalue weighted by Crippen LogP contribution is 2.68. The standard InChI is InChI=1S/C14H15BrN2O/c15-13-3-8-1-9(4-13)14(10(2-8)5-13)11(6-16)12(7-17)18-14/h8-12H,1-5H2/t8?,9-,10+,11-,12-,13?,14?/m0/s1. The highest BCUT2D eigenvalue weighted by Gasteiger charge is 2.71. The summed E-state index contributed by atoms with van der Waals surface area (Å²) in [5.74, 6) is 1.57. The van der Waals surface area contributed by atoms with Crippen molar-refractivity contribution >= 4 is 15.9 Å². The molecule has 5 fully saturated rings.